The molecular formula is C4H4ClIN2. The molecule has 0 bridgehead atoms. The van der Waals surface area contributed by atoms with Gasteiger partial charge in [0.15, 0.2) is 0 Å². The molecule has 1 rings (SSSR count). The highest BCUT2D eigenvalue weighted by molar-refractivity contribution is 14.1. The molecule has 0 saturated carbocycles. The van der Waals surface area contributed by atoms with Crippen molar-refractivity contribution in [1.82, 2.24) is 10.2 Å². The Kier molecular flexibility index (Phi) is 1.77. The van der Waals surface area contributed by atoms with Crippen molar-refractivity contribution in [2.24, 2.45) is 0 Å². The lowest BCUT2D eigenvalue weighted by atomic mass is 10.5. The number of halogens is 2. The Morgan fingerprint density at radius 3 is 2.50 bits per heavy atom. The first-order chi connectivity index (χ1) is 3.72. The molecule has 0 aliphatic rings. The molecule has 0 aliphatic heterocycles. The van der Waals surface area contributed by atoms with E-state index in [2.05, 4.69) is 32.8 Å². The number of nitrogens with zero attached hydrogens (tertiary/aromatic N) is 1. The van der Waals surface area contributed by atoms with Gasteiger partial charge in [-0.1, -0.05) is 11.6 Å². The maximum Gasteiger partial charge on any atom is 0.141 e. The molecule has 1 N–H and O–H groups in total. The van der Waals surface area contributed by atoms with Crippen LogP contribution in [0, 0.1) is 10.6 Å². The van der Waals surface area contributed by atoms with Crippen LogP contribution in [0.2, 0.25) is 5.02 Å². The third kappa shape index (κ3) is 0.974. The Hall–Kier alpha value is 0.230. The SMILES string of the molecule is Cc1[nH]nc(I)c1Cl. The molecule has 2 nitrogen and oxygen atoms in total. The molecule has 1 heterocycles. The standard InChI is InChI=1S/C4H4ClIN2/c1-2-3(5)4(6)8-7-2/h1H3,(H,7,8). The van der Waals surface area contributed by atoms with Gasteiger partial charge in [0.1, 0.15) is 3.70 Å². The van der Waals surface area contributed by atoms with Crippen molar-refractivity contribution < 1.29 is 0 Å². The Morgan fingerprint density at radius 2 is 2.38 bits per heavy atom. The summed E-state index contributed by atoms with van der Waals surface area (Å²) < 4.78 is 0.835. The first kappa shape index (κ1) is 6.35. The largest absolute Gasteiger partial charge is 0.280 e. The highest BCUT2D eigenvalue weighted by Gasteiger charge is 2.01. The lowest BCUT2D eigenvalue weighted by Crippen LogP contribution is -1.67. The average molecular weight is 242 g/mol. The molecule has 44 valence electrons. The van der Waals surface area contributed by atoms with E-state index < -0.39 is 0 Å². The number of rotatable bonds is 0. The van der Waals surface area contributed by atoms with Gasteiger partial charge in [0.05, 0.1) is 10.7 Å². The summed E-state index contributed by atoms with van der Waals surface area (Å²) >= 11 is 7.76. The molecule has 0 fully saturated rings. The van der Waals surface area contributed by atoms with Gasteiger partial charge >= 0.3 is 0 Å². The fourth-order valence-corrected chi connectivity index (χ4v) is 0.995. The van der Waals surface area contributed by atoms with Gasteiger partial charge in [0.2, 0.25) is 0 Å². The van der Waals surface area contributed by atoms with E-state index in [-0.39, 0.29) is 0 Å². The zero-order chi connectivity index (χ0) is 6.15. The Bertz CT molecular complexity index is 176. The van der Waals surface area contributed by atoms with E-state index in [1.165, 1.54) is 0 Å². The maximum absolute atomic E-state index is 5.69. The second-order valence-electron chi connectivity index (χ2n) is 1.45. The quantitative estimate of drug-likeness (QED) is 0.692. The van der Waals surface area contributed by atoms with Crippen molar-refractivity contribution in [2.75, 3.05) is 0 Å². The topological polar surface area (TPSA) is 28.7 Å². The highest BCUT2D eigenvalue weighted by Crippen LogP contribution is 2.17. The molecule has 4 heteroatoms. The van der Waals surface area contributed by atoms with Gasteiger partial charge in [-0.15, -0.1) is 0 Å². The molecule has 0 aliphatic carbocycles. The van der Waals surface area contributed by atoms with Crippen LogP contribution in [0.4, 0.5) is 0 Å². The number of nitrogens with one attached hydrogen (secondary N) is 1. The lowest BCUT2D eigenvalue weighted by Gasteiger charge is -1.79. The molecule has 0 atom stereocenters. The number of aromatic nitrogens is 2. The van der Waals surface area contributed by atoms with Crippen LogP contribution in [0.5, 0.6) is 0 Å². The van der Waals surface area contributed by atoms with Gasteiger partial charge in [-0.2, -0.15) is 5.10 Å². The number of aromatic amines is 1. The van der Waals surface area contributed by atoms with Crippen molar-refractivity contribution in [3.05, 3.63) is 14.4 Å². The predicted molar refractivity (Wildman–Crippen MR) is 41.1 cm³/mol. The van der Waals surface area contributed by atoms with Crippen LogP contribution < -0.4 is 0 Å². The Labute approximate surface area is 65.8 Å². The van der Waals surface area contributed by atoms with Crippen molar-refractivity contribution in [3.8, 4) is 0 Å². The van der Waals surface area contributed by atoms with E-state index in [0.29, 0.717) is 0 Å². The van der Waals surface area contributed by atoms with Crippen LogP contribution in [0.25, 0.3) is 0 Å². The van der Waals surface area contributed by atoms with Gasteiger partial charge in [0, 0.05) is 0 Å². The zero-order valence-electron chi connectivity index (χ0n) is 4.20. The molecular weight excluding hydrogens is 238 g/mol. The molecule has 0 aromatic carbocycles. The molecule has 0 saturated heterocycles. The summed E-state index contributed by atoms with van der Waals surface area (Å²) in [6.07, 6.45) is 0. The highest BCUT2D eigenvalue weighted by atomic mass is 127. The third-order valence-corrected chi connectivity index (χ3v) is 2.39. The summed E-state index contributed by atoms with van der Waals surface area (Å²) in [5.74, 6) is 0. The Morgan fingerprint density at radius 1 is 1.75 bits per heavy atom. The summed E-state index contributed by atoms with van der Waals surface area (Å²) in [4.78, 5) is 0. The van der Waals surface area contributed by atoms with Crippen LogP contribution >= 0.6 is 34.2 Å². The number of aryl methyl sites for hydroxylation is 1. The molecule has 0 unspecified atom stereocenters. The smallest absolute Gasteiger partial charge is 0.141 e. The molecule has 1 aromatic heterocycles. The minimum Gasteiger partial charge on any atom is -0.280 e. The van der Waals surface area contributed by atoms with Crippen LogP contribution in [0.1, 0.15) is 5.69 Å². The van der Waals surface area contributed by atoms with Gasteiger partial charge in [-0.3, -0.25) is 5.10 Å². The van der Waals surface area contributed by atoms with E-state index in [1.54, 1.807) is 0 Å². The summed E-state index contributed by atoms with van der Waals surface area (Å²) in [5, 5.41) is 7.32. The van der Waals surface area contributed by atoms with Gasteiger partial charge in [0.25, 0.3) is 0 Å². The van der Waals surface area contributed by atoms with Crippen LogP contribution in [-0.4, -0.2) is 10.2 Å². The maximum atomic E-state index is 5.69. The van der Waals surface area contributed by atoms with Crippen LogP contribution in [-0.2, 0) is 0 Å². The second-order valence-corrected chi connectivity index (χ2v) is 2.85. The number of hydrogen-bond acceptors (Lipinski definition) is 1. The lowest BCUT2D eigenvalue weighted by molar-refractivity contribution is 1.03. The summed E-state index contributed by atoms with van der Waals surface area (Å²) in [7, 11) is 0. The summed E-state index contributed by atoms with van der Waals surface area (Å²) in [6.45, 7) is 1.89. The van der Waals surface area contributed by atoms with E-state index in [0.717, 1.165) is 14.4 Å². The fourth-order valence-electron chi connectivity index (χ4n) is 0.386. The van der Waals surface area contributed by atoms with Gasteiger partial charge < -0.3 is 0 Å². The second kappa shape index (κ2) is 2.23. The average Bonchev–Trinajstić information content (AvgIpc) is 1.98. The van der Waals surface area contributed by atoms with Crippen molar-refractivity contribution >= 4 is 34.2 Å². The van der Waals surface area contributed by atoms with E-state index in [9.17, 15) is 0 Å². The predicted octanol–water partition coefficient (Wildman–Crippen LogP) is 1.98. The number of hydrogen-bond donors (Lipinski definition) is 1. The number of H-pyrrole nitrogens is 1. The molecule has 0 radical (unpaired) electrons. The molecule has 8 heavy (non-hydrogen) atoms. The van der Waals surface area contributed by atoms with Gasteiger partial charge in [-0.25, -0.2) is 0 Å². The summed E-state index contributed by atoms with van der Waals surface area (Å²) in [5.41, 5.74) is 0.927. The molecule has 0 spiro atoms. The van der Waals surface area contributed by atoms with Gasteiger partial charge in [-0.05, 0) is 29.5 Å². The van der Waals surface area contributed by atoms with E-state index >= 15 is 0 Å². The summed E-state index contributed by atoms with van der Waals surface area (Å²) in [6, 6.07) is 0. The first-order valence-corrected chi connectivity index (χ1v) is 3.53. The monoisotopic (exact) mass is 242 g/mol. The molecule has 1 aromatic rings. The minimum atomic E-state index is 0.727. The van der Waals surface area contributed by atoms with E-state index in [4.69, 9.17) is 11.6 Å². The van der Waals surface area contributed by atoms with Crippen LogP contribution in [0.3, 0.4) is 0 Å². The van der Waals surface area contributed by atoms with Crippen molar-refractivity contribution in [3.63, 3.8) is 0 Å². The van der Waals surface area contributed by atoms with Crippen molar-refractivity contribution in [2.45, 2.75) is 6.92 Å². The minimum absolute atomic E-state index is 0.727. The first-order valence-electron chi connectivity index (χ1n) is 2.08. The van der Waals surface area contributed by atoms with Crippen LogP contribution in [0.15, 0.2) is 0 Å². The van der Waals surface area contributed by atoms with Crippen molar-refractivity contribution in [1.29, 1.82) is 0 Å². The third-order valence-electron chi connectivity index (χ3n) is 0.832. The fraction of sp³-hybridized carbons (Fsp3) is 0.250. The zero-order valence-corrected chi connectivity index (χ0v) is 7.12. The molecule has 0 amide bonds. The normalized spacial score (nSPS) is 9.88. The van der Waals surface area contributed by atoms with E-state index in [1.807, 2.05) is 6.92 Å². The Balaban J connectivity index is 3.19.